The average Bonchev–Trinajstić information content (AvgIpc) is 2.39. The van der Waals surface area contributed by atoms with Crippen LogP contribution in [0.15, 0.2) is 18.2 Å². The summed E-state index contributed by atoms with van der Waals surface area (Å²) in [6, 6.07) is 7.64. The Bertz CT molecular complexity index is 447. The van der Waals surface area contributed by atoms with Crippen LogP contribution in [0.25, 0.3) is 0 Å². The molecule has 1 saturated heterocycles. The molecule has 1 aliphatic heterocycles. The minimum absolute atomic E-state index is 0.271. The maximum atomic E-state index is 9.13. The molecule has 0 saturated carbocycles. The first kappa shape index (κ1) is 12.7. The molecule has 2 N–H and O–H groups in total. The highest BCUT2D eigenvalue weighted by Crippen LogP contribution is 2.23. The van der Waals surface area contributed by atoms with E-state index in [-0.39, 0.29) is 6.10 Å². The van der Waals surface area contributed by atoms with Crippen LogP contribution in [0.2, 0.25) is 0 Å². The molecule has 1 atom stereocenters. The van der Waals surface area contributed by atoms with E-state index in [0.29, 0.717) is 11.3 Å². The van der Waals surface area contributed by atoms with Crippen molar-refractivity contribution < 1.29 is 4.74 Å². The minimum atomic E-state index is 0.271. The van der Waals surface area contributed by atoms with Crippen LogP contribution in [-0.4, -0.2) is 26.3 Å². The zero-order chi connectivity index (χ0) is 13.0. The van der Waals surface area contributed by atoms with Crippen LogP contribution in [0.5, 0.6) is 0 Å². The molecule has 2 rings (SSSR count). The van der Waals surface area contributed by atoms with Crippen molar-refractivity contribution in [1.82, 2.24) is 0 Å². The van der Waals surface area contributed by atoms with Gasteiger partial charge >= 0.3 is 0 Å². The summed E-state index contributed by atoms with van der Waals surface area (Å²) < 4.78 is 5.72. The first-order valence-corrected chi connectivity index (χ1v) is 6.33. The highest BCUT2D eigenvalue weighted by Gasteiger charge is 2.17. The quantitative estimate of drug-likeness (QED) is 0.829. The van der Waals surface area contributed by atoms with E-state index in [1.165, 1.54) is 6.42 Å². The molecule has 1 unspecified atom stereocenters. The van der Waals surface area contributed by atoms with Gasteiger partial charge in [0, 0.05) is 25.9 Å². The van der Waals surface area contributed by atoms with Gasteiger partial charge in [0.15, 0.2) is 0 Å². The molecule has 0 spiro atoms. The Kier molecular flexibility index (Phi) is 4.06. The van der Waals surface area contributed by atoms with Crippen molar-refractivity contribution in [1.29, 1.82) is 5.26 Å². The van der Waals surface area contributed by atoms with Gasteiger partial charge < -0.3 is 15.4 Å². The number of nitriles is 1. The summed E-state index contributed by atoms with van der Waals surface area (Å²) in [7, 11) is 1.99. The molecule has 0 radical (unpaired) electrons. The van der Waals surface area contributed by atoms with E-state index in [9.17, 15) is 0 Å². The fourth-order valence-electron chi connectivity index (χ4n) is 2.33. The van der Waals surface area contributed by atoms with Gasteiger partial charge in [-0.25, -0.2) is 0 Å². The van der Waals surface area contributed by atoms with Gasteiger partial charge in [-0.2, -0.15) is 5.26 Å². The SMILES string of the molecule is CN(CC1CCCCO1)c1ccc(N)cc1C#N. The van der Waals surface area contributed by atoms with E-state index >= 15 is 0 Å². The van der Waals surface area contributed by atoms with Gasteiger partial charge in [-0.05, 0) is 37.5 Å². The third-order valence-corrected chi connectivity index (χ3v) is 3.30. The second-order valence-electron chi connectivity index (χ2n) is 4.76. The standard InChI is InChI=1S/C14H19N3O/c1-17(10-13-4-2-3-7-18-13)14-6-5-12(16)8-11(14)9-15/h5-6,8,13H,2-4,7,10,16H2,1H3. The molecule has 4 heteroatoms. The van der Waals surface area contributed by atoms with Crippen LogP contribution < -0.4 is 10.6 Å². The van der Waals surface area contributed by atoms with Crippen molar-refractivity contribution >= 4 is 11.4 Å². The maximum Gasteiger partial charge on any atom is 0.101 e. The van der Waals surface area contributed by atoms with Crippen molar-refractivity contribution in [2.24, 2.45) is 0 Å². The summed E-state index contributed by atoms with van der Waals surface area (Å²) in [5.74, 6) is 0. The van der Waals surface area contributed by atoms with Gasteiger partial charge in [-0.3, -0.25) is 0 Å². The van der Waals surface area contributed by atoms with E-state index < -0.39 is 0 Å². The number of hydrogen-bond donors (Lipinski definition) is 1. The van der Waals surface area contributed by atoms with Gasteiger partial charge in [0.05, 0.1) is 17.4 Å². The van der Waals surface area contributed by atoms with Gasteiger partial charge in [0.1, 0.15) is 6.07 Å². The monoisotopic (exact) mass is 245 g/mol. The number of rotatable bonds is 3. The number of nitrogen functional groups attached to an aromatic ring is 1. The van der Waals surface area contributed by atoms with Crippen LogP contribution in [0.4, 0.5) is 11.4 Å². The summed E-state index contributed by atoms with van der Waals surface area (Å²) in [4.78, 5) is 2.08. The largest absolute Gasteiger partial charge is 0.399 e. The fraction of sp³-hybridized carbons (Fsp3) is 0.500. The molecule has 1 aromatic carbocycles. The van der Waals surface area contributed by atoms with E-state index in [0.717, 1.165) is 31.7 Å². The van der Waals surface area contributed by atoms with Gasteiger partial charge in [0.2, 0.25) is 0 Å². The molecule has 4 nitrogen and oxygen atoms in total. The Morgan fingerprint density at radius 3 is 3.00 bits per heavy atom. The molecule has 18 heavy (non-hydrogen) atoms. The third kappa shape index (κ3) is 2.93. The lowest BCUT2D eigenvalue weighted by Crippen LogP contribution is -2.33. The van der Waals surface area contributed by atoms with E-state index in [1.54, 1.807) is 6.07 Å². The topological polar surface area (TPSA) is 62.3 Å². The number of ether oxygens (including phenoxy) is 1. The fourth-order valence-corrected chi connectivity index (χ4v) is 2.33. The zero-order valence-corrected chi connectivity index (χ0v) is 10.7. The summed E-state index contributed by atoms with van der Waals surface area (Å²) in [6.45, 7) is 1.67. The molecule has 0 aromatic heterocycles. The van der Waals surface area contributed by atoms with Crippen molar-refractivity contribution in [3.8, 4) is 6.07 Å². The van der Waals surface area contributed by atoms with Crippen LogP contribution >= 0.6 is 0 Å². The molecule has 1 aromatic rings. The molecule has 0 aliphatic carbocycles. The van der Waals surface area contributed by atoms with Crippen LogP contribution in [-0.2, 0) is 4.74 Å². The predicted octanol–water partition coefficient (Wildman–Crippen LogP) is 2.15. The van der Waals surface area contributed by atoms with Crippen molar-refractivity contribution in [2.45, 2.75) is 25.4 Å². The molecule has 0 amide bonds. The molecular weight excluding hydrogens is 226 g/mol. The first-order chi connectivity index (χ1) is 8.70. The number of nitrogens with zero attached hydrogens (tertiary/aromatic N) is 2. The van der Waals surface area contributed by atoms with Gasteiger partial charge in [0.25, 0.3) is 0 Å². The number of benzene rings is 1. The highest BCUT2D eigenvalue weighted by molar-refractivity contribution is 5.64. The van der Waals surface area contributed by atoms with Crippen molar-refractivity contribution in [3.05, 3.63) is 23.8 Å². The molecule has 96 valence electrons. The van der Waals surface area contributed by atoms with Crippen LogP contribution in [0.1, 0.15) is 24.8 Å². The zero-order valence-electron chi connectivity index (χ0n) is 10.7. The Balaban J connectivity index is 2.08. The summed E-state index contributed by atoms with van der Waals surface area (Å²) >= 11 is 0. The number of anilines is 2. The third-order valence-electron chi connectivity index (χ3n) is 3.30. The number of likely N-dealkylation sites (N-methyl/N-ethyl adjacent to an activating group) is 1. The Labute approximate surface area is 108 Å². The molecule has 1 fully saturated rings. The van der Waals surface area contributed by atoms with Crippen LogP contribution in [0.3, 0.4) is 0 Å². The Hall–Kier alpha value is -1.73. The average molecular weight is 245 g/mol. The highest BCUT2D eigenvalue weighted by atomic mass is 16.5. The molecule has 1 heterocycles. The predicted molar refractivity (Wildman–Crippen MR) is 72.4 cm³/mol. The van der Waals surface area contributed by atoms with E-state index in [4.69, 9.17) is 15.7 Å². The van der Waals surface area contributed by atoms with Crippen LogP contribution in [0, 0.1) is 11.3 Å². The second-order valence-corrected chi connectivity index (χ2v) is 4.76. The van der Waals surface area contributed by atoms with Gasteiger partial charge in [-0.1, -0.05) is 0 Å². The minimum Gasteiger partial charge on any atom is -0.399 e. The molecular formula is C14H19N3O. The first-order valence-electron chi connectivity index (χ1n) is 6.33. The summed E-state index contributed by atoms with van der Waals surface area (Å²) in [5, 5.41) is 9.13. The lowest BCUT2D eigenvalue weighted by Gasteiger charge is -2.29. The van der Waals surface area contributed by atoms with Crippen molar-refractivity contribution in [2.75, 3.05) is 30.8 Å². The number of hydrogen-bond acceptors (Lipinski definition) is 4. The molecule has 0 bridgehead atoms. The van der Waals surface area contributed by atoms with Crippen molar-refractivity contribution in [3.63, 3.8) is 0 Å². The Morgan fingerprint density at radius 1 is 1.50 bits per heavy atom. The maximum absolute atomic E-state index is 9.13. The summed E-state index contributed by atoms with van der Waals surface area (Å²) in [5.41, 5.74) is 7.85. The van der Waals surface area contributed by atoms with E-state index in [2.05, 4.69) is 11.0 Å². The lowest BCUT2D eigenvalue weighted by atomic mass is 10.1. The number of nitrogens with two attached hydrogens (primary N) is 1. The molecule has 1 aliphatic rings. The second kappa shape index (κ2) is 5.74. The smallest absolute Gasteiger partial charge is 0.101 e. The Morgan fingerprint density at radius 2 is 2.33 bits per heavy atom. The normalized spacial score (nSPS) is 19.2. The van der Waals surface area contributed by atoms with Gasteiger partial charge in [-0.15, -0.1) is 0 Å². The summed E-state index contributed by atoms with van der Waals surface area (Å²) in [6.07, 6.45) is 3.76. The lowest BCUT2D eigenvalue weighted by molar-refractivity contribution is 0.0216. The van der Waals surface area contributed by atoms with E-state index in [1.807, 2.05) is 19.2 Å².